The number of likely N-dealkylation sites (tertiary alicyclic amines) is 1. The number of amides is 1. The van der Waals surface area contributed by atoms with Crippen LogP contribution in [0.5, 0.6) is 0 Å². The molecule has 0 spiro atoms. The number of carbonyl (C=O) groups is 2. The molecule has 1 amide bonds. The highest BCUT2D eigenvalue weighted by atomic mass is 35.5. The molecule has 2 aromatic carbocycles. The number of nitrogens with zero attached hydrogens (tertiary/aromatic N) is 1. The highest BCUT2D eigenvalue weighted by Gasteiger charge is 2.73. The first kappa shape index (κ1) is 38.5. The highest BCUT2D eigenvalue weighted by molar-refractivity contribution is 6.17. The van der Waals surface area contributed by atoms with Gasteiger partial charge in [0.25, 0.3) is 0 Å². The molecule has 3 aliphatic rings. The van der Waals surface area contributed by atoms with E-state index in [2.05, 4.69) is 19.1 Å². The Balaban J connectivity index is 0.000000256. The molecule has 2 aliphatic carbocycles. The standard InChI is InChI=1S/C18H18F7NO2.C8H9Cl.C7H12O3/c19-16(17(20,21)22,18(23,24)25)12-2-3-13-11(8-12)9-14-15(13,4-1-7-27)5-6-26(14)10-28;1-7-2-4-8(6-9)5-3-7;8-6-3-1-5(2-4-6)7(9)10/h2-3,8,10,14,27H,1,4-7,9H2;2-5H,6H2,1H3;5-6,8H,1-4H2,(H,9,10). The Morgan fingerprint density at radius 2 is 1.60 bits per heavy atom. The Hall–Kier alpha value is -2.90. The normalized spacial score (nSPS) is 23.9. The van der Waals surface area contributed by atoms with Crippen LogP contribution in [0.15, 0.2) is 42.5 Å². The number of benzene rings is 2. The van der Waals surface area contributed by atoms with Gasteiger partial charge < -0.3 is 20.2 Å². The summed E-state index contributed by atoms with van der Waals surface area (Å²) in [5, 5.41) is 26.7. The number of aliphatic carboxylic acids is 1. The number of carboxylic acid groups (broad SMARTS) is 1. The summed E-state index contributed by atoms with van der Waals surface area (Å²) in [4.78, 5) is 23.2. The molecule has 262 valence electrons. The number of carboxylic acids is 1. The summed E-state index contributed by atoms with van der Waals surface area (Å²) in [6.45, 7) is 2.33. The van der Waals surface area contributed by atoms with E-state index < -0.39 is 41.0 Å². The Bertz CT molecular complexity index is 1330. The van der Waals surface area contributed by atoms with Gasteiger partial charge in [0.15, 0.2) is 0 Å². The summed E-state index contributed by atoms with van der Waals surface area (Å²) >= 11 is 5.58. The number of aryl methyl sites for hydroxylation is 1. The molecular weight excluding hydrogens is 659 g/mol. The number of aliphatic hydroxyl groups excluding tert-OH is 2. The number of hydrogen-bond donors (Lipinski definition) is 3. The van der Waals surface area contributed by atoms with Crippen molar-refractivity contribution in [2.24, 2.45) is 5.92 Å². The van der Waals surface area contributed by atoms with E-state index in [1.54, 1.807) is 0 Å². The Morgan fingerprint density at radius 3 is 2.09 bits per heavy atom. The van der Waals surface area contributed by atoms with Crippen LogP contribution in [0.2, 0.25) is 0 Å². The van der Waals surface area contributed by atoms with E-state index in [-0.39, 0.29) is 30.6 Å². The zero-order chi connectivity index (χ0) is 35.2. The Labute approximate surface area is 273 Å². The van der Waals surface area contributed by atoms with E-state index in [4.69, 9.17) is 26.9 Å². The smallest absolute Gasteiger partial charge is 0.435 e. The van der Waals surface area contributed by atoms with E-state index in [1.807, 2.05) is 12.1 Å². The monoisotopic (exact) mass is 697 g/mol. The average Bonchev–Trinajstić information content (AvgIpc) is 3.52. The van der Waals surface area contributed by atoms with Crippen LogP contribution in [0.1, 0.15) is 72.8 Å². The summed E-state index contributed by atoms with van der Waals surface area (Å²) in [6.07, 6.45) is -8.12. The lowest BCUT2D eigenvalue weighted by molar-refractivity contribution is -0.348. The van der Waals surface area contributed by atoms with E-state index in [0.29, 0.717) is 81.5 Å². The molecule has 0 radical (unpaired) electrons. The second-order valence-corrected chi connectivity index (χ2v) is 12.6. The second-order valence-electron chi connectivity index (χ2n) is 12.3. The van der Waals surface area contributed by atoms with E-state index in [9.17, 15) is 40.3 Å². The van der Waals surface area contributed by atoms with Crippen molar-refractivity contribution in [3.8, 4) is 0 Å². The first-order valence-electron chi connectivity index (χ1n) is 15.3. The predicted octanol–water partition coefficient (Wildman–Crippen LogP) is 7.13. The van der Waals surface area contributed by atoms with Crippen LogP contribution >= 0.6 is 11.6 Å². The summed E-state index contributed by atoms with van der Waals surface area (Å²) in [5.74, 6) is -0.310. The molecule has 0 aromatic heterocycles. The van der Waals surface area contributed by atoms with Gasteiger partial charge in [-0.25, -0.2) is 4.39 Å². The second kappa shape index (κ2) is 15.5. The third kappa shape index (κ3) is 8.40. The number of aliphatic hydroxyl groups is 2. The number of hydrogen-bond acceptors (Lipinski definition) is 4. The molecule has 2 fully saturated rings. The molecule has 14 heteroatoms. The minimum absolute atomic E-state index is 0.0408. The van der Waals surface area contributed by atoms with Gasteiger partial charge in [0.2, 0.25) is 6.41 Å². The van der Waals surface area contributed by atoms with Crippen molar-refractivity contribution < 1.29 is 55.6 Å². The zero-order valence-electron chi connectivity index (χ0n) is 25.8. The lowest BCUT2D eigenvalue weighted by atomic mass is 9.74. The zero-order valence-corrected chi connectivity index (χ0v) is 26.5. The predicted molar refractivity (Wildman–Crippen MR) is 161 cm³/mol. The van der Waals surface area contributed by atoms with Crippen LogP contribution in [-0.4, -0.2) is 70.2 Å². The van der Waals surface area contributed by atoms with Gasteiger partial charge in [0.05, 0.1) is 12.0 Å². The fourth-order valence-corrected chi connectivity index (χ4v) is 6.88. The minimum Gasteiger partial charge on any atom is -0.481 e. The van der Waals surface area contributed by atoms with Crippen molar-refractivity contribution in [2.45, 2.75) is 99.8 Å². The van der Waals surface area contributed by atoms with Crippen molar-refractivity contribution >= 4 is 24.0 Å². The maximum absolute atomic E-state index is 14.4. The van der Waals surface area contributed by atoms with Gasteiger partial charge in [-0.3, -0.25) is 9.59 Å². The lowest BCUT2D eigenvalue weighted by Gasteiger charge is -2.33. The van der Waals surface area contributed by atoms with Gasteiger partial charge in [-0.2, -0.15) is 26.3 Å². The molecule has 0 bridgehead atoms. The quantitative estimate of drug-likeness (QED) is 0.163. The van der Waals surface area contributed by atoms with Crippen molar-refractivity contribution in [2.75, 3.05) is 13.2 Å². The van der Waals surface area contributed by atoms with Gasteiger partial charge in [-0.1, -0.05) is 48.0 Å². The Kier molecular flexibility index (Phi) is 12.7. The van der Waals surface area contributed by atoms with E-state index in [1.165, 1.54) is 16.0 Å². The third-order valence-electron chi connectivity index (χ3n) is 9.33. The first-order valence-corrected chi connectivity index (χ1v) is 15.8. The molecular formula is C33H39ClF7NO5. The molecule has 2 unspecified atom stereocenters. The lowest BCUT2D eigenvalue weighted by Crippen LogP contribution is -2.50. The van der Waals surface area contributed by atoms with Crippen molar-refractivity contribution in [1.82, 2.24) is 4.90 Å². The molecule has 6 nitrogen and oxygen atoms in total. The van der Waals surface area contributed by atoms with Gasteiger partial charge in [-0.15, -0.1) is 11.6 Å². The largest absolute Gasteiger partial charge is 0.481 e. The Morgan fingerprint density at radius 1 is 1.00 bits per heavy atom. The number of carbonyl (C=O) groups excluding carboxylic acids is 1. The van der Waals surface area contributed by atoms with Crippen LogP contribution in [0.4, 0.5) is 30.7 Å². The molecule has 3 N–H and O–H groups in total. The summed E-state index contributed by atoms with van der Waals surface area (Å²) in [6, 6.07) is 10.1. The number of fused-ring (bicyclic) bond motifs is 3. The molecule has 1 saturated heterocycles. The minimum atomic E-state index is -6.17. The van der Waals surface area contributed by atoms with Crippen molar-refractivity contribution in [3.05, 3.63) is 70.3 Å². The van der Waals surface area contributed by atoms with Crippen molar-refractivity contribution in [3.63, 3.8) is 0 Å². The van der Waals surface area contributed by atoms with Gasteiger partial charge in [0.1, 0.15) is 0 Å². The summed E-state index contributed by atoms with van der Waals surface area (Å²) < 4.78 is 92.7. The molecule has 47 heavy (non-hydrogen) atoms. The molecule has 1 saturated carbocycles. The summed E-state index contributed by atoms with van der Waals surface area (Å²) in [7, 11) is 0. The van der Waals surface area contributed by atoms with Crippen LogP contribution in [0, 0.1) is 12.8 Å². The molecule has 2 atom stereocenters. The highest BCUT2D eigenvalue weighted by Crippen LogP contribution is 2.56. The van der Waals surface area contributed by atoms with Gasteiger partial charge >= 0.3 is 24.0 Å². The van der Waals surface area contributed by atoms with Crippen LogP contribution in [-0.2, 0) is 33.0 Å². The summed E-state index contributed by atoms with van der Waals surface area (Å²) in [5.41, 5.74) is -4.50. The number of halogens is 8. The van der Waals surface area contributed by atoms with Crippen LogP contribution in [0.25, 0.3) is 0 Å². The number of rotatable bonds is 7. The third-order valence-corrected chi connectivity index (χ3v) is 9.63. The van der Waals surface area contributed by atoms with Crippen molar-refractivity contribution in [1.29, 1.82) is 0 Å². The maximum atomic E-state index is 14.4. The van der Waals surface area contributed by atoms with E-state index >= 15 is 0 Å². The molecule has 1 aliphatic heterocycles. The average molecular weight is 698 g/mol. The van der Waals surface area contributed by atoms with Gasteiger partial charge in [0, 0.05) is 36.1 Å². The SMILES string of the molecule is Cc1ccc(CCl)cc1.O=C(O)C1CCC(O)CC1.O=CN1CCC2(CCCO)c3ccc(C(F)(C(F)(F)F)C(F)(F)F)cc3CC12. The van der Waals surface area contributed by atoms with Crippen LogP contribution < -0.4 is 0 Å². The van der Waals surface area contributed by atoms with Gasteiger partial charge in [-0.05, 0) is 75.0 Å². The van der Waals surface area contributed by atoms with Crippen LogP contribution in [0.3, 0.4) is 0 Å². The maximum Gasteiger partial charge on any atom is 0.435 e. The fraction of sp³-hybridized carbons (Fsp3) is 0.576. The molecule has 1 heterocycles. The molecule has 2 aromatic rings. The number of alkyl halides is 8. The molecule has 5 rings (SSSR count). The first-order chi connectivity index (χ1) is 21.9. The fourth-order valence-electron chi connectivity index (χ4n) is 6.70. The topological polar surface area (TPSA) is 98.1 Å². The van der Waals surface area contributed by atoms with E-state index in [0.717, 1.165) is 6.07 Å².